The van der Waals surface area contributed by atoms with Crippen molar-refractivity contribution in [1.29, 1.82) is 0 Å². The number of carbonyl (C=O) groups is 2. The largest absolute Gasteiger partial charge is 0.493 e. The zero-order valence-corrected chi connectivity index (χ0v) is 19.3. The van der Waals surface area contributed by atoms with Gasteiger partial charge in [-0.25, -0.2) is 0 Å². The second-order valence-corrected chi connectivity index (χ2v) is 8.94. The summed E-state index contributed by atoms with van der Waals surface area (Å²) in [7, 11) is 1.56. The zero-order chi connectivity index (χ0) is 22.8. The highest BCUT2D eigenvalue weighted by Gasteiger charge is 2.40. The van der Waals surface area contributed by atoms with Gasteiger partial charge in [-0.15, -0.1) is 0 Å². The minimum atomic E-state index is -0.248. The number of ether oxygens (including phenoxy) is 1. The highest BCUT2D eigenvalue weighted by atomic mass is 16.5. The van der Waals surface area contributed by atoms with Crippen LogP contribution >= 0.6 is 0 Å². The number of piperazine rings is 1. The molecule has 2 aliphatic rings. The number of anilines is 1. The topological polar surface area (TPSA) is 53.1 Å². The number of benzene rings is 2. The Morgan fingerprint density at radius 3 is 2.19 bits per heavy atom. The van der Waals surface area contributed by atoms with Gasteiger partial charge < -0.3 is 14.5 Å². The summed E-state index contributed by atoms with van der Waals surface area (Å²) < 4.78 is 5.77. The second kappa shape index (κ2) is 9.07. The van der Waals surface area contributed by atoms with E-state index in [1.165, 1.54) is 16.2 Å². The van der Waals surface area contributed by atoms with Gasteiger partial charge in [-0.3, -0.25) is 14.5 Å². The van der Waals surface area contributed by atoms with Crippen LogP contribution in [0.5, 0.6) is 5.75 Å². The van der Waals surface area contributed by atoms with Crippen molar-refractivity contribution in [3.05, 3.63) is 65.4 Å². The highest BCUT2D eigenvalue weighted by molar-refractivity contribution is 6.35. The number of amides is 2. The predicted molar refractivity (Wildman–Crippen MR) is 126 cm³/mol. The van der Waals surface area contributed by atoms with Crippen LogP contribution in [0.25, 0.3) is 5.57 Å². The van der Waals surface area contributed by atoms with Crippen LogP contribution in [0, 0.1) is 12.8 Å². The normalized spacial score (nSPS) is 17.1. The van der Waals surface area contributed by atoms with Crippen LogP contribution in [0.15, 0.2) is 54.2 Å². The van der Waals surface area contributed by atoms with Gasteiger partial charge >= 0.3 is 0 Å². The first-order chi connectivity index (χ1) is 15.3. The fraction of sp³-hybridized carbons (Fsp3) is 0.385. The lowest BCUT2D eigenvalue weighted by Crippen LogP contribution is -2.47. The average Bonchev–Trinajstić information content (AvgIpc) is 3.02. The molecule has 2 amide bonds. The molecule has 0 aliphatic carbocycles. The molecule has 4 rings (SSSR count). The van der Waals surface area contributed by atoms with Gasteiger partial charge in [0.2, 0.25) is 0 Å². The fourth-order valence-corrected chi connectivity index (χ4v) is 4.17. The molecular weight excluding hydrogens is 402 g/mol. The van der Waals surface area contributed by atoms with Crippen LogP contribution < -0.4 is 9.64 Å². The Kier molecular flexibility index (Phi) is 6.21. The first-order valence-electron chi connectivity index (χ1n) is 11.2. The van der Waals surface area contributed by atoms with Gasteiger partial charge in [0.25, 0.3) is 11.8 Å². The standard InChI is InChI=1S/C26H31N3O3/c1-18(2)17-32-22-10-8-20(9-11-22)23-24(26(31)27(4)25(23)30)29-14-12-28(13-15-29)21-7-5-6-19(3)16-21/h5-11,16,18H,12-15,17H2,1-4H3. The van der Waals surface area contributed by atoms with Crippen molar-refractivity contribution in [1.82, 2.24) is 9.80 Å². The average molecular weight is 434 g/mol. The highest BCUT2D eigenvalue weighted by Crippen LogP contribution is 2.32. The first kappa shape index (κ1) is 21.9. The van der Waals surface area contributed by atoms with E-state index in [-0.39, 0.29) is 11.8 Å². The van der Waals surface area contributed by atoms with Crippen LogP contribution in [0.2, 0.25) is 0 Å². The molecule has 0 unspecified atom stereocenters. The van der Waals surface area contributed by atoms with Crippen LogP contribution in [0.1, 0.15) is 25.0 Å². The number of nitrogens with zero attached hydrogens (tertiary/aromatic N) is 3. The summed E-state index contributed by atoms with van der Waals surface area (Å²) >= 11 is 0. The summed E-state index contributed by atoms with van der Waals surface area (Å²) in [5.41, 5.74) is 4.17. The Hall–Kier alpha value is -3.28. The lowest BCUT2D eigenvalue weighted by Gasteiger charge is -2.37. The lowest BCUT2D eigenvalue weighted by molar-refractivity contribution is -0.135. The van der Waals surface area contributed by atoms with Crippen molar-refractivity contribution in [3.63, 3.8) is 0 Å². The monoisotopic (exact) mass is 433 g/mol. The van der Waals surface area contributed by atoms with Crippen molar-refractivity contribution < 1.29 is 14.3 Å². The van der Waals surface area contributed by atoms with Crippen LogP contribution in [0.3, 0.4) is 0 Å². The Morgan fingerprint density at radius 1 is 0.906 bits per heavy atom. The van der Waals surface area contributed by atoms with Gasteiger partial charge in [0.1, 0.15) is 11.4 Å². The molecule has 6 heteroatoms. The SMILES string of the molecule is Cc1cccc(N2CCN(C3=C(c4ccc(OCC(C)C)cc4)C(=O)N(C)C3=O)CC2)c1. The first-order valence-corrected chi connectivity index (χ1v) is 11.2. The summed E-state index contributed by atoms with van der Waals surface area (Å²) in [6, 6.07) is 15.9. The molecule has 0 spiro atoms. The predicted octanol–water partition coefficient (Wildman–Crippen LogP) is 3.56. The summed E-state index contributed by atoms with van der Waals surface area (Å²) in [4.78, 5) is 31.6. The third-order valence-corrected chi connectivity index (χ3v) is 5.95. The van der Waals surface area contributed by atoms with E-state index in [0.717, 1.165) is 24.4 Å². The van der Waals surface area contributed by atoms with Crippen molar-refractivity contribution in [3.8, 4) is 5.75 Å². The molecule has 2 aromatic rings. The number of carbonyl (C=O) groups excluding carboxylic acids is 2. The maximum absolute atomic E-state index is 13.0. The van der Waals surface area contributed by atoms with E-state index in [9.17, 15) is 9.59 Å². The van der Waals surface area contributed by atoms with Gasteiger partial charge in [-0.1, -0.05) is 38.1 Å². The molecule has 0 saturated carbocycles. The smallest absolute Gasteiger partial charge is 0.277 e. The quantitative estimate of drug-likeness (QED) is 0.652. The van der Waals surface area contributed by atoms with E-state index in [1.807, 2.05) is 24.3 Å². The summed E-state index contributed by atoms with van der Waals surface area (Å²) in [6.45, 7) is 9.91. The van der Waals surface area contributed by atoms with Crippen molar-refractivity contribution in [2.45, 2.75) is 20.8 Å². The third kappa shape index (κ3) is 4.35. The van der Waals surface area contributed by atoms with E-state index < -0.39 is 0 Å². The minimum Gasteiger partial charge on any atom is -0.493 e. The van der Waals surface area contributed by atoms with E-state index in [2.05, 4.69) is 54.8 Å². The molecular formula is C26H31N3O3. The van der Waals surface area contributed by atoms with E-state index in [0.29, 0.717) is 36.9 Å². The maximum Gasteiger partial charge on any atom is 0.277 e. The molecule has 0 N–H and O–H groups in total. The summed E-state index contributed by atoms with van der Waals surface area (Å²) in [5, 5.41) is 0. The number of likely N-dealkylation sites (N-methyl/N-ethyl adjacent to an activating group) is 1. The molecule has 0 atom stereocenters. The molecule has 0 radical (unpaired) electrons. The Balaban J connectivity index is 1.56. The Bertz CT molecular complexity index is 1030. The molecule has 1 saturated heterocycles. The van der Waals surface area contributed by atoms with Crippen molar-refractivity contribution >= 4 is 23.1 Å². The van der Waals surface area contributed by atoms with Crippen LogP contribution in [0.4, 0.5) is 5.69 Å². The maximum atomic E-state index is 13.0. The number of imide groups is 1. The number of hydrogen-bond acceptors (Lipinski definition) is 5. The van der Waals surface area contributed by atoms with Crippen LogP contribution in [-0.4, -0.2) is 61.4 Å². The number of aryl methyl sites for hydroxylation is 1. The third-order valence-electron chi connectivity index (χ3n) is 5.95. The Morgan fingerprint density at radius 2 is 1.56 bits per heavy atom. The van der Waals surface area contributed by atoms with E-state index in [4.69, 9.17) is 4.74 Å². The van der Waals surface area contributed by atoms with Gasteiger partial charge in [-0.2, -0.15) is 0 Å². The molecule has 2 aliphatic heterocycles. The van der Waals surface area contributed by atoms with Gasteiger partial charge in [0, 0.05) is 38.9 Å². The van der Waals surface area contributed by atoms with Crippen molar-refractivity contribution in [2.75, 3.05) is 44.7 Å². The summed E-state index contributed by atoms with van der Waals surface area (Å²) in [5.74, 6) is 0.725. The van der Waals surface area contributed by atoms with Crippen molar-refractivity contribution in [2.24, 2.45) is 5.92 Å². The molecule has 2 aromatic carbocycles. The second-order valence-electron chi connectivity index (χ2n) is 8.94. The number of hydrogen-bond donors (Lipinski definition) is 0. The van der Waals surface area contributed by atoms with E-state index in [1.54, 1.807) is 7.05 Å². The molecule has 1 fully saturated rings. The summed E-state index contributed by atoms with van der Waals surface area (Å²) in [6.07, 6.45) is 0. The van der Waals surface area contributed by atoms with Gasteiger partial charge in [0.15, 0.2) is 0 Å². The lowest BCUT2D eigenvalue weighted by atomic mass is 10.0. The molecule has 6 nitrogen and oxygen atoms in total. The zero-order valence-electron chi connectivity index (χ0n) is 19.3. The van der Waals surface area contributed by atoms with Crippen LogP contribution in [-0.2, 0) is 9.59 Å². The number of rotatable bonds is 6. The minimum absolute atomic E-state index is 0.228. The van der Waals surface area contributed by atoms with Gasteiger partial charge in [-0.05, 0) is 48.2 Å². The molecule has 0 bridgehead atoms. The molecule has 0 aromatic heterocycles. The molecule has 168 valence electrons. The fourth-order valence-electron chi connectivity index (χ4n) is 4.17. The van der Waals surface area contributed by atoms with Gasteiger partial charge in [0.05, 0.1) is 12.2 Å². The molecule has 32 heavy (non-hydrogen) atoms. The van der Waals surface area contributed by atoms with E-state index >= 15 is 0 Å². The molecule has 2 heterocycles. The Labute approximate surface area is 190 Å².